The number of carbonyl (C=O) groups is 1. The quantitative estimate of drug-likeness (QED) is 0.664. The van der Waals surface area contributed by atoms with Gasteiger partial charge in [0.05, 0.1) is 19.3 Å². The first-order chi connectivity index (χ1) is 12.6. The predicted octanol–water partition coefficient (Wildman–Crippen LogP) is 3.82. The fourth-order valence-corrected chi connectivity index (χ4v) is 3.52. The molecular weight excluding hydrogens is 328 g/mol. The second-order valence-corrected chi connectivity index (χ2v) is 7.17. The molecule has 0 saturated heterocycles. The lowest BCUT2D eigenvalue weighted by atomic mass is 9.94. The highest BCUT2D eigenvalue weighted by molar-refractivity contribution is 5.79. The third kappa shape index (κ3) is 5.37. The highest BCUT2D eigenvalue weighted by atomic mass is 16.5. The SMILES string of the molecule is CCCOc1ccc(C(C)NC(=O)[C@@H]2CCC[C@@H]2CN)cc1OCCC. The first kappa shape index (κ1) is 20.6. The third-order valence-electron chi connectivity index (χ3n) is 5.05. The summed E-state index contributed by atoms with van der Waals surface area (Å²) in [5.41, 5.74) is 6.84. The molecule has 5 heteroatoms. The van der Waals surface area contributed by atoms with Crippen molar-refractivity contribution in [2.45, 2.75) is 58.9 Å². The number of nitrogens with one attached hydrogen (secondary N) is 1. The maximum atomic E-state index is 12.6. The summed E-state index contributed by atoms with van der Waals surface area (Å²) >= 11 is 0. The Balaban J connectivity index is 2.07. The molecular formula is C21H34N2O3. The zero-order valence-electron chi connectivity index (χ0n) is 16.4. The number of ether oxygens (including phenoxy) is 2. The summed E-state index contributed by atoms with van der Waals surface area (Å²) in [5, 5.41) is 3.16. The molecule has 2 rings (SSSR count). The van der Waals surface area contributed by atoms with Crippen LogP contribution in [0.5, 0.6) is 11.5 Å². The van der Waals surface area contributed by atoms with E-state index in [1.165, 1.54) is 0 Å². The number of amides is 1. The van der Waals surface area contributed by atoms with Gasteiger partial charge in [-0.25, -0.2) is 0 Å². The predicted molar refractivity (Wildman–Crippen MR) is 104 cm³/mol. The van der Waals surface area contributed by atoms with Crippen LogP contribution in [-0.4, -0.2) is 25.7 Å². The molecule has 26 heavy (non-hydrogen) atoms. The van der Waals surface area contributed by atoms with Crippen LogP contribution in [0.25, 0.3) is 0 Å². The van der Waals surface area contributed by atoms with E-state index in [9.17, 15) is 4.79 Å². The van der Waals surface area contributed by atoms with Gasteiger partial charge in [-0.05, 0) is 62.8 Å². The molecule has 1 unspecified atom stereocenters. The normalized spacial score (nSPS) is 20.6. The monoisotopic (exact) mass is 362 g/mol. The van der Waals surface area contributed by atoms with Crippen molar-refractivity contribution in [1.82, 2.24) is 5.32 Å². The summed E-state index contributed by atoms with van der Waals surface area (Å²) in [7, 11) is 0. The molecule has 0 spiro atoms. The van der Waals surface area contributed by atoms with Crippen LogP contribution in [0, 0.1) is 11.8 Å². The van der Waals surface area contributed by atoms with Crippen molar-refractivity contribution in [3.05, 3.63) is 23.8 Å². The molecule has 146 valence electrons. The number of hydrogen-bond acceptors (Lipinski definition) is 4. The number of rotatable bonds is 10. The summed E-state index contributed by atoms with van der Waals surface area (Å²) < 4.78 is 11.6. The van der Waals surface area contributed by atoms with Gasteiger partial charge in [-0.15, -0.1) is 0 Å². The van der Waals surface area contributed by atoms with E-state index in [4.69, 9.17) is 15.2 Å². The summed E-state index contributed by atoms with van der Waals surface area (Å²) in [6, 6.07) is 5.85. The van der Waals surface area contributed by atoms with Crippen LogP contribution in [0.4, 0.5) is 0 Å². The highest BCUT2D eigenvalue weighted by Gasteiger charge is 2.32. The van der Waals surface area contributed by atoms with Gasteiger partial charge in [0.15, 0.2) is 11.5 Å². The Kier molecular flexibility index (Phi) is 8.23. The van der Waals surface area contributed by atoms with Gasteiger partial charge in [-0.1, -0.05) is 26.3 Å². The molecule has 1 saturated carbocycles. The van der Waals surface area contributed by atoms with Crippen LogP contribution < -0.4 is 20.5 Å². The fraction of sp³-hybridized carbons (Fsp3) is 0.667. The highest BCUT2D eigenvalue weighted by Crippen LogP contribution is 2.33. The van der Waals surface area contributed by atoms with E-state index in [0.717, 1.165) is 49.2 Å². The van der Waals surface area contributed by atoms with E-state index >= 15 is 0 Å². The molecule has 1 amide bonds. The Morgan fingerprint density at radius 3 is 2.54 bits per heavy atom. The van der Waals surface area contributed by atoms with Crippen LogP contribution >= 0.6 is 0 Å². The van der Waals surface area contributed by atoms with Gasteiger partial charge in [-0.3, -0.25) is 4.79 Å². The first-order valence-electron chi connectivity index (χ1n) is 10.0. The van der Waals surface area contributed by atoms with Crippen molar-refractivity contribution in [1.29, 1.82) is 0 Å². The van der Waals surface area contributed by atoms with E-state index in [-0.39, 0.29) is 17.9 Å². The molecule has 0 heterocycles. The van der Waals surface area contributed by atoms with Crippen molar-refractivity contribution < 1.29 is 14.3 Å². The molecule has 1 aromatic rings. The maximum Gasteiger partial charge on any atom is 0.223 e. The van der Waals surface area contributed by atoms with Gasteiger partial charge in [0.2, 0.25) is 5.91 Å². The molecule has 1 aliphatic carbocycles. The molecule has 3 N–H and O–H groups in total. The first-order valence-corrected chi connectivity index (χ1v) is 10.0. The topological polar surface area (TPSA) is 73.6 Å². The Labute approximate surface area is 157 Å². The summed E-state index contributed by atoms with van der Waals surface area (Å²) in [5.74, 6) is 2.00. The van der Waals surface area contributed by atoms with Gasteiger partial charge < -0.3 is 20.5 Å². The van der Waals surface area contributed by atoms with E-state index in [2.05, 4.69) is 19.2 Å². The van der Waals surface area contributed by atoms with Crippen molar-refractivity contribution in [3.63, 3.8) is 0 Å². The van der Waals surface area contributed by atoms with Crippen LogP contribution in [0.1, 0.15) is 64.5 Å². The van der Waals surface area contributed by atoms with Gasteiger partial charge >= 0.3 is 0 Å². The summed E-state index contributed by atoms with van der Waals surface area (Å²) in [4.78, 5) is 12.6. The van der Waals surface area contributed by atoms with Crippen molar-refractivity contribution in [3.8, 4) is 11.5 Å². The minimum atomic E-state index is -0.0780. The minimum Gasteiger partial charge on any atom is -0.490 e. The van der Waals surface area contributed by atoms with Gasteiger partial charge in [0.25, 0.3) is 0 Å². The number of carbonyl (C=O) groups excluding carboxylic acids is 1. The second-order valence-electron chi connectivity index (χ2n) is 7.17. The standard InChI is InChI=1S/C21H34N2O3/c1-4-11-25-19-10-9-16(13-20(19)26-12-5-2)15(3)23-21(24)18-8-6-7-17(18)14-22/h9-10,13,15,17-18H,4-8,11-12,14,22H2,1-3H3,(H,23,24)/t15?,17-,18-/m1/s1. The Morgan fingerprint density at radius 2 is 1.88 bits per heavy atom. The van der Waals surface area contributed by atoms with Crippen molar-refractivity contribution >= 4 is 5.91 Å². The van der Waals surface area contributed by atoms with Crippen LogP contribution in [0.2, 0.25) is 0 Å². The molecule has 3 atom stereocenters. The average Bonchev–Trinajstić information content (AvgIpc) is 3.13. The zero-order valence-corrected chi connectivity index (χ0v) is 16.4. The second kappa shape index (κ2) is 10.4. The number of benzene rings is 1. The number of nitrogens with two attached hydrogens (primary N) is 1. The summed E-state index contributed by atoms with van der Waals surface area (Å²) in [6.07, 6.45) is 4.97. The van der Waals surface area contributed by atoms with Gasteiger partial charge in [-0.2, -0.15) is 0 Å². The summed E-state index contributed by atoms with van der Waals surface area (Å²) in [6.45, 7) is 8.06. The molecule has 5 nitrogen and oxygen atoms in total. The van der Waals surface area contributed by atoms with E-state index in [1.807, 2.05) is 25.1 Å². The molecule has 1 fully saturated rings. The van der Waals surface area contributed by atoms with Crippen LogP contribution in [0.15, 0.2) is 18.2 Å². The van der Waals surface area contributed by atoms with Gasteiger partial charge in [0, 0.05) is 5.92 Å². The van der Waals surface area contributed by atoms with Gasteiger partial charge in [0.1, 0.15) is 0 Å². The van der Waals surface area contributed by atoms with Crippen LogP contribution in [0.3, 0.4) is 0 Å². The minimum absolute atomic E-state index is 0.0467. The maximum absolute atomic E-state index is 12.6. The molecule has 0 radical (unpaired) electrons. The fourth-order valence-electron chi connectivity index (χ4n) is 3.52. The zero-order chi connectivity index (χ0) is 18.9. The molecule has 1 aromatic carbocycles. The van der Waals surface area contributed by atoms with E-state index < -0.39 is 0 Å². The largest absolute Gasteiger partial charge is 0.490 e. The third-order valence-corrected chi connectivity index (χ3v) is 5.05. The van der Waals surface area contributed by atoms with Crippen molar-refractivity contribution in [2.24, 2.45) is 17.6 Å². The number of hydrogen-bond donors (Lipinski definition) is 2. The van der Waals surface area contributed by atoms with Crippen LogP contribution in [-0.2, 0) is 4.79 Å². The molecule has 0 aromatic heterocycles. The lowest BCUT2D eigenvalue weighted by Crippen LogP contribution is -2.36. The molecule has 0 aliphatic heterocycles. The molecule has 0 bridgehead atoms. The molecule has 1 aliphatic rings. The van der Waals surface area contributed by atoms with E-state index in [1.54, 1.807) is 0 Å². The smallest absolute Gasteiger partial charge is 0.223 e. The Morgan fingerprint density at radius 1 is 1.19 bits per heavy atom. The van der Waals surface area contributed by atoms with E-state index in [0.29, 0.717) is 25.7 Å². The Bertz CT molecular complexity index is 576. The van der Waals surface area contributed by atoms with Crippen molar-refractivity contribution in [2.75, 3.05) is 19.8 Å². The average molecular weight is 363 g/mol. The lowest BCUT2D eigenvalue weighted by molar-refractivity contribution is -0.126. The lowest BCUT2D eigenvalue weighted by Gasteiger charge is -2.22. The Hall–Kier alpha value is -1.75.